The minimum atomic E-state index is -4.33. The summed E-state index contributed by atoms with van der Waals surface area (Å²) in [4.78, 5) is 0. The van der Waals surface area contributed by atoms with Crippen LogP contribution < -0.4 is 0 Å². The third-order valence-electron chi connectivity index (χ3n) is 3.06. The predicted octanol–water partition coefficient (Wildman–Crippen LogP) is 4.32. The molecule has 2 nitrogen and oxygen atoms in total. The average Bonchev–Trinajstić information content (AvgIpc) is 2.46. The molecular formula is C15H9F3N2. The molecule has 0 aliphatic carbocycles. The van der Waals surface area contributed by atoms with E-state index >= 15 is 0 Å². The maximum absolute atomic E-state index is 12.5. The van der Waals surface area contributed by atoms with Gasteiger partial charge in [0.25, 0.3) is 0 Å². The molecular weight excluding hydrogens is 265 g/mol. The smallest absolute Gasteiger partial charge is 0.166 e. The Bertz CT molecular complexity index is 744. The number of alkyl halides is 3. The minimum absolute atomic E-state index is 0.580. The monoisotopic (exact) mass is 274 g/mol. The first-order chi connectivity index (χ1) is 9.55. The van der Waals surface area contributed by atoms with Crippen molar-refractivity contribution in [2.75, 3.05) is 0 Å². The van der Waals surface area contributed by atoms with E-state index in [9.17, 15) is 13.2 Å². The van der Waals surface area contributed by atoms with Crippen LogP contribution in [0.1, 0.15) is 5.56 Å². The van der Waals surface area contributed by atoms with Crippen LogP contribution in [0.3, 0.4) is 0 Å². The van der Waals surface area contributed by atoms with E-state index in [1.165, 1.54) is 12.1 Å². The van der Waals surface area contributed by atoms with Gasteiger partial charge in [-0.05, 0) is 12.1 Å². The van der Waals surface area contributed by atoms with Gasteiger partial charge >= 0.3 is 6.18 Å². The summed E-state index contributed by atoms with van der Waals surface area (Å²) in [5, 5.41) is 9.69. The van der Waals surface area contributed by atoms with E-state index in [1.807, 2.05) is 24.3 Å². The zero-order chi connectivity index (χ0) is 14.2. The Labute approximate surface area is 112 Å². The summed E-state index contributed by atoms with van der Waals surface area (Å²) in [7, 11) is 0. The van der Waals surface area contributed by atoms with Gasteiger partial charge in [-0.15, -0.1) is 5.10 Å². The van der Waals surface area contributed by atoms with E-state index in [-0.39, 0.29) is 0 Å². The predicted molar refractivity (Wildman–Crippen MR) is 70.0 cm³/mol. The van der Waals surface area contributed by atoms with E-state index < -0.39 is 11.7 Å². The summed E-state index contributed by atoms with van der Waals surface area (Å²) >= 11 is 0. The number of nitrogens with zero attached hydrogens (tertiary/aromatic N) is 2. The molecule has 3 aromatic rings. The summed E-state index contributed by atoms with van der Waals surface area (Å²) in [6.07, 6.45) is -2.70. The van der Waals surface area contributed by atoms with Crippen molar-refractivity contribution in [3.8, 4) is 11.3 Å². The van der Waals surface area contributed by atoms with Crippen LogP contribution in [0.2, 0.25) is 0 Å². The van der Waals surface area contributed by atoms with E-state index in [0.29, 0.717) is 11.3 Å². The minimum Gasteiger partial charge on any atom is -0.166 e. The van der Waals surface area contributed by atoms with Crippen molar-refractivity contribution < 1.29 is 13.2 Å². The van der Waals surface area contributed by atoms with Gasteiger partial charge in [0, 0.05) is 16.3 Å². The van der Waals surface area contributed by atoms with Crippen molar-refractivity contribution in [3.05, 3.63) is 60.3 Å². The van der Waals surface area contributed by atoms with Gasteiger partial charge in [0.15, 0.2) is 0 Å². The van der Waals surface area contributed by atoms with Crippen molar-refractivity contribution in [3.63, 3.8) is 0 Å². The van der Waals surface area contributed by atoms with Gasteiger partial charge < -0.3 is 0 Å². The summed E-state index contributed by atoms with van der Waals surface area (Å²) in [5.74, 6) is 0. The van der Waals surface area contributed by atoms with Crippen molar-refractivity contribution in [2.24, 2.45) is 0 Å². The molecule has 0 saturated carbocycles. The molecule has 0 spiro atoms. The van der Waals surface area contributed by atoms with Gasteiger partial charge in [-0.1, -0.05) is 36.4 Å². The fourth-order valence-electron chi connectivity index (χ4n) is 2.06. The highest BCUT2D eigenvalue weighted by molar-refractivity contribution is 5.93. The van der Waals surface area contributed by atoms with Gasteiger partial charge in [0.1, 0.15) is 5.69 Å². The molecule has 1 heterocycles. The largest absolute Gasteiger partial charge is 0.416 e. The molecule has 5 heteroatoms. The van der Waals surface area contributed by atoms with Gasteiger partial charge in [0.2, 0.25) is 0 Å². The molecule has 0 N–H and O–H groups in total. The number of aromatic nitrogens is 2. The van der Waals surface area contributed by atoms with Gasteiger partial charge in [-0.2, -0.15) is 18.3 Å². The van der Waals surface area contributed by atoms with Crippen molar-refractivity contribution in [1.29, 1.82) is 0 Å². The number of fused-ring (bicyclic) bond motifs is 1. The lowest BCUT2D eigenvalue weighted by atomic mass is 10.0. The number of benzene rings is 2. The van der Waals surface area contributed by atoms with Crippen molar-refractivity contribution in [1.82, 2.24) is 10.2 Å². The fourth-order valence-corrected chi connectivity index (χ4v) is 2.06. The van der Waals surface area contributed by atoms with Crippen LogP contribution in [0.25, 0.3) is 22.0 Å². The molecule has 0 fully saturated rings. The third kappa shape index (κ3) is 2.22. The quantitative estimate of drug-likeness (QED) is 0.660. The fraction of sp³-hybridized carbons (Fsp3) is 0.0667. The second-order valence-electron chi connectivity index (χ2n) is 4.36. The van der Waals surface area contributed by atoms with Gasteiger partial charge in [-0.3, -0.25) is 0 Å². The molecule has 0 amide bonds. The summed E-state index contributed by atoms with van der Waals surface area (Å²) < 4.78 is 37.6. The Morgan fingerprint density at radius 3 is 2.25 bits per heavy atom. The SMILES string of the molecule is FC(F)(F)c1ccc(-c2nncc3ccccc23)cc1. The Hall–Kier alpha value is -2.43. The summed E-state index contributed by atoms with van der Waals surface area (Å²) in [6.45, 7) is 0. The van der Waals surface area contributed by atoms with E-state index in [0.717, 1.165) is 22.9 Å². The lowest BCUT2D eigenvalue weighted by Gasteiger charge is -2.08. The molecule has 0 radical (unpaired) electrons. The molecule has 3 rings (SSSR count). The zero-order valence-electron chi connectivity index (χ0n) is 10.2. The first-order valence-electron chi connectivity index (χ1n) is 5.94. The van der Waals surface area contributed by atoms with Crippen LogP contribution in [0, 0.1) is 0 Å². The molecule has 20 heavy (non-hydrogen) atoms. The van der Waals surface area contributed by atoms with Gasteiger partial charge in [0.05, 0.1) is 11.8 Å². The highest BCUT2D eigenvalue weighted by Crippen LogP contribution is 2.32. The standard InChI is InChI=1S/C15H9F3N2/c16-15(17,18)12-7-5-10(6-8-12)14-13-4-2-1-3-11(13)9-19-20-14/h1-9H. The zero-order valence-corrected chi connectivity index (χ0v) is 10.2. The Kier molecular flexibility index (Phi) is 2.89. The molecule has 100 valence electrons. The van der Waals surface area contributed by atoms with Crippen LogP contribution in [0.5, 0.6) is 0 Å². The topological polar surface area (TPSA) is 25.8 Å². The normalized spacial score (nSPS) is 11.8. The molecule has 0 aliphatic heterocycles. The van der Waals surface area contributed by atoms with Crippen LogP contribution >= 0.6 is 0 Å². The second kappa shape index (κ2) is 4.59. The second-order valence-corrected chi connectivity index (χ2v) is 4.36. The molecule has 2 aromatic carbocycles. The lowest BCUT2D eigenvalue weighted by Crippen LogP contribution is -2.04. The Morgan fingerprint density at radius 1 is 0.850 bits per heavy atom. The number of halogens is 3. The Morgan fingerprint density at radius 2 is 1.55 bits per heavy atom. The van der Waals surface area contributed by atoms with Crippen molar-refractivity contribution >= 4 is 10.8 Å². The van der Waals surface area contributed by atoms with Crippen LogP contribution in [0.4, 0.5) is 13.2 Å². The number of hydrogen-bond donors (Lipinski definition) is 0. The van der Waals surface area contributed by atoms with Crippen LogP contribution in [-0.4, -0.2) is 10.2 Å². The van der Waals surface area contributed by atoms with E-state index in [4.69, 9.17) is 0 Å². The first kappa shape index (κ1) is 12.6. The Balaban J connectivity index is 2.12. The van der Waals surface area contributed by atoms with Crippen LogP contribution in [-0.2, 0) is 6.18 Å². The summed E-state index contributed by atoms with van der Waals surface area (Å²) in [6, 6.07) is 12.4. The van der Waals surface area contributed by atoms with Crippen molar-refractivity contribution in [2.45, 2.75) is 6.18 Å². The average molecular weight is 274 g/mol. The molecule has 0 atom stereocenters. The molecule has 0 aliphatic rings. The number of rotatable bonds is 1. The maximum Gasteiger partial charge on any atom is 0.416 e. The molecule has 0 saturated heterocycles. The number of hydrogen-bond acceptors (Lipinski definition) is 2. The highest BCUT2D eigenvalue weighted by Gasteiger charge is 2.30. The van der Waals surface area contributed by atoms with Gasteiger partial charge in [-0.25, -0.2) is 0 Å². The maximum atomic E-state index is 12.5. The molecule has 1 aromatic heterocycles. The first-order valence-corrected chi connectivity index (χ1v) is 5.94. The molecule has 0 bridgehead atoms. The van der Waals surface area contributed by atoms with Crippen LogP contribution in [0.15, 0.2) is 54.7 Å². The highest BCUT2D eigenvalue weighted by atomic mass is 19.4. The lowest BCUT2D eigenvalue weighted by molar-refractivity contribution is -0.137. The van der Waals surface area contributed by atoms with E-state index in [1.54, 1.807) is 6.20 Å². The third-order valence-corrected chi connectivity index (χ3v) is 3.06. The summed E-state index contributed by atoms with van der Waals surface area (Å²) in [5.41, 5.74) is 0.522. The molecule has 0 unspecified atom stereocenters. The van der Waals surface area contributed by atoms with E-state index in [2.05, 4.69) is 10.2 Å².